The fourth-order valence-electron chi connectivity index (χ4n) is 2.24. The summed E-state index contributed by atoms with van der Waals surface area (Å²) in [6.07, 6.45) is 0.0789. The molecule has 2 aromatic carbocycles. The monoisotopic (exact) mass is 390 g/mol. The lowest BCUT2D eigenvalue weighted by molar-refractivity contribution is 0.102. The number of hydrogen-bond donors (Lipinski definition) is 2. The van der Waals surface area contributed by atoms with Crippen molar-refractivity contribution < 1.29 is 17.9 Å². The Hall–Kier alpha value is -2.38. The van der Waals surface area contributed by atoms with Crippen molar-refractivity contribution in [3.8, 4) is 5.75 Å². The van der Waals surface area contributed by atoms with E-state index in [1.807, 2.05) is 27.7 Å². The first-order valence-electron chi connectivity index (χ1n) is 8.85. The maximum atomic E-state index is 12.3. The van der Waals surface area contributed by atoms with Crippen LogP contribution in [0.4, 0.5) is 5.69 Å². The molecule has 0 aromatic heterocycles. The highest BCUT2D eigenvalue weighted by Gasteiger charge is 2.15. The zero-order valence-electron chi connectivity index (χ0n) is 16.0. The van der Waals surface area contributed by atoms with Gasteiger partial charge in [0.25, 0.3) is 5.91 Å². The summed E-state index contributed by atoms with van der Waals surface area (Å²) in [5, 5.41) is 2.78. The molecule has 7 heteroatoms. The van der Waals surface area contributed by atoms with Crippen molar-refractivity contribution in [1.29, 1.82) is 0 Å². The summed E-state index contributed by atoms with van der Waals surface area (Å²) in [6.45, 7) is 8.10. The maximum absolute atomic E-state index is 12.3. The Kier molecular flexibility index (Phi) is 6.98. The maximum Gasteiger partial charge on any atom is 0.255 e. The topological polar surface area (TPSA) is 84.5 Å². The molecular formula is C20H26N2O4S. The summed E-state index contributed by atoms with van der Waals surface area (Å²) >= 11 is 0. The van der Waals surface area contributed by atoms with Crippen molar-refractivity contribution in [2.24, 2.45) is 5.92 Å². The number of ether oxygens (including phenoxy) is 1. The molecule has 0 bridgehead atoms. The summed E-state index contributed by atoms with van der Waals surface area (Å²) in [7, 11) is -3.57. The third kappa shape index (κ3) is 6.37. The van der Waals surface area contributed by atoms with Gasteiger partial charge in [0.1, 0.15) is 5.75 Å². The zero-order valence-corrected chi connectivity index (χ0v) is 16.8. The molecular weight excluding hydrogens is 364 g/mol. The van der Waals surface area contributed by atoms with Gasteiger partial charge in [-0.3, -0.25) is 4.79 Å². The molecule has 0 atom stereocenters. The van der Waals surface area contributed by atoms with Crippen LogP contribution in [0.3, 0.4) is 0 Å². The molecule has 0 aliphatic heterocycles. The van der Waals surface area contributed by atoms with Crippen LogP contribution in [0.1, 0.15) is 38.1 Å². The average molecular weight is 391 g/mol. The van der Waals surface area contributed by atoms with E-state index in [1.54, 1.807) is 24.3 Å². The molecule has 0 spiro atoms. The molecule has 1 amide bonds. The highest BCUT2D eigenvalue weighted by Crippen LogP contribution is 2.18. The normalized spacial score (nSPS) is 11.6. The van der Waals surface area contributed by atoms with E-state index in [4.69, 9.17) is 4.74 Å². The Labute approximate surface area is 161 Å². The average Bonchev–Trinajstić information content (AvgIpc) is 2.61. The van der Waals surface area contributed by atoms with Gasteiger partial charge in [0.15, 0.2) is 0 Å². The summed E-state index contributed by atoms with van der Waals surface area (Å²) in [4.78, 5) is 12.5. The number of sulfonamides is 1. The summed E-state index contributed by atoms with van der Waals surface area (Å²) < 4.78 is 32.5. The molecule has 0 saturated carbocycles. The van der Waals surface area contributed by atoms with Crippen molar-refractivity contribution in [3.63, 3.8) is 0 Å². The van der Waals surface area contributed by atoms with Crippen LogP contribution in [-0.4, -0.2) is 27.0 Å². The minimum atomic E-state index is -3.57. The Balaban J connectivity index is 2.03. The van der Waals surface area contributed by atoms with Crippen LogP contribution in [0.5, 0.6) is 5.75 Å². The molecule has 0 aliphatic rings. The van der Waals surface area contributed by atoms with Gasteiger partial charge in [-0.2, -0.15) is 0 Å². The van der Waals surface area contributed by atoms with Crippen LogP contribution >= 0.6 is 0 Å². The zero-order chi connectivity index (χ0) is 20.0. The summed E-state index contributed by atoms with van der Waals surface area (Å²) in [5.41, 5.74) is 1.01. The number of carbonyl (C=O) groups is 1. The van der Waals surface area contributed by atoms with Crippen LogP contribution in [0, 0.1) is 5.92 Å². The van der Waals surface area contributed by atoms with Gasteiger partial charge in [-0.25, -0.2) is 13.1 Å². The molecule has 6 nitrogen and oxygen atoms in total. The van der Waals surface area contributed by atoms with Crippen LogP contribution in [0.2, 0.25) is 0 Å². The van der Waals surface area contributed by atoms with Crippen LogP contribution in [-0.2, 0) is 10.0 Å². The second-order valence-corrected chi connectivity index (χ2v) is 8.68. The van der Waals surface area contributed by atoms with Gasteiger partial charge in [-0.15, -0.1) is 0 Å². The molecule has 0 saturated heterocycles. The fraction of sp³-hybridized carbons (Fsp3) is 0.350. The molecule has 2 rings (SSSR count). The van der Waals surface area contributed by atoms with E-state index in [0.29, 0.717) is 17.8 Å². The van der Waals surface area contributed by atoms with Crippen molar-refractivity contribution in [3.05, 3.63) is 54.1 Å². The lowest BCUT2D eigenvalue weighted by atomic mass is 10.2. The summed E-state index contributed by atoms with van der Waals surface area (Å²) in [5.74, 6) is 0.625. The van der Waals surface area contributed by atoms with E-state index < -0.39 is 10.0 Å². The largest absolute Gasteiger partial charge is 0.491 e. The second kappa shape index (κ2) is 9.01. The number of anilines is 1. The smallest absolute Gasteiger partial charge is 0.255 e. The van der Waals surface area contributed by atoms with Gasteiger partial charge < -0.3 is 10.1 Å². The van der Waals surface area contributed by atoms with Crippen molar-refractivity contribution in [2.45, 2.75) is 38.7 Å². The van der Waals surface area contributed by atoms with E-state index in [-0.39, 0.29) is 22.8 Å². The number of rotatable bonds is 8. The summed E-state index contributed by atoms with van der Waals surface area (Å²) in [6, 6.07) is 12.9. The third-order valence-corrected chi connectivity index (χ3v) is 5.03. The lowest BCUT2D eigenvalue weighted by Gasteiger charge is -2.11. The quantitative estimate of drug-likeness (QED) is 0.720. The molecule has 2 N–H and O–H groups in total. The van der Waals surface area contributed by atoms with E-state index in [0.717, 1.165) is 5.75 Å². The van der Waals surface area contributed by atoms with Crippen LogP contribution < -0.4 is 14.8 Å². The predicted molar refractivity (Wildman–Crippen MR) is 107 cm³/mol. The van der Waals surface area contributed by atoms with Crippen LogP contribution in [0.25, 0.3) is 0 Å². The number of amides is 1. The van der Waals surface area contributed by atoms with E-state index in [1.165, 1.54) is 24.3 Å². The van der Waals surface area contributed by atoms with Gasteiger partial charge >= 0.3 is 0 Å². The Morgan fingerprint density at radius 2 is 1.56 bits per heavy atom. The molecule has 27 heavy (non-hydrogen) atoms. The van der Waals surface area contributed by atoms with Crippen molar-refractivity contribution in [2.75, 3.05) is 11.9 Å². The molecule has 0 unspecified atom stereocenters. The van der Waals surface area contributed by atoms with Crippen molar-refractivity contribution >= 4 is 21.6 Å². The molecule has 146 valence electrons. The lowest BCUT2D eigenvalue weighted by Crippen LogP contribution is -2.27. The first-order chi connectivity index (χ1) is 12.7. The molecule has 0 fully saturated rings. The van der Waals surface area contributed by atoms with E-state index >= 15 is 0 Å². The Morgan fingerprint density at radius 1 is 0.963 bits per heavy atom. The van der Waals surface area contributed by atoms with E-state index in [9.17, 15) is 13.2 Å². The molecule has 0 radical (unpaired) electrons. The Morgan fingerprint density at radius 3 is 2.07 bits per heavy atom. The first kappa shape index (κ1) is 20.9. The minimum Gasteiger partial charge on any atom is -0.491 e. The Bertz CT molecular complexity index is 858. The fourth-order valence-corrected chi connectivity index (χ4v) is 3.45. The standard InChI is InChI=1S/C20H26N2O4S/c1-14(2)13-21-27(24,25)19-11-5-16(6-12-19)20(23)22-17-7-9-18(10-8-17)26-15(3)4/h5-12,14-15,21H,13H2,1-4H3,(H,22,23). The number of nitrogens with one attached hydrogen (secondary N) is 2. The second-order valence-electron chi connectivity index (χ2n) is 6.92. The SMILES string of the molecule is CC(C)CNS(=O)(=O)c1ccc(C(=O)Nc2ccc(OC(C)C)cc2)cc1. The van der Waals surface area contributed by atoms with Crippen molar-refractivity contribution in [1.82, 2.24) is 4.72 Å². The highest BCUT2D eigenvalue weighted by atomic mass is 32.2. The minimum absolute atomic E-state index is 0.0789. The van der Waals surface area contributed by atoms with Gasteiger partial charge in [0.05, 0.1) is 11.0 Å². The first-order valence-corrected chi connectivity index (χ1v) is 10.3. The van der Waals surface area contributed by atoms with Crippen LogP contribution in [0.15, 0.2) is 53.4 Å². The van der Waals surface area contributed by atoms with Gasteiger partial charge in [0, 0.05) is 17.8 Å². The van der Waals surface area contributed by atoms with E-state index in [2.05, 4.69) is 10.0 Å². The number of carbonyl (C=O) groups excluding carboxylic acids is 1. The number of hydrogen-bond acceptors (Lipinski definition) is 4. The van der Waals surface area contributed by atoms with Gasteiger partial charge in [0.2, 0.25) is 10.0 Å². The number of benzene rings is 2. The van der Waals surface area contributed by atoms with Gasteiger partial charge in [-0.05, 0) is 68.3 Å². The predicted octanol–water partition coefficient (Wildman–Crippen LogP) is 3.66. The molecule has 2 aromatic rings. The molecule has 0 heterocycles. The van der Waals surface area contributed by atoms with Gasteiger partial charge in [-0.1, -0.05) is 13.8 Å². The third-order valence-electron chi connectivity index (χ3n) is 3.59. The molecule has 0 aliphatic carbocycles. The highest BCUT2D eigenvalue weighted by molar-refractivity contribution is 7.89.